The van der Waals surface area contributed by atoms with Gasteiger partial charge in [-0.1, -0.05) is 0 Å². The summed E-state index contributed by atoms with van der Waals surface area (Å²) < 4.78 is 0. The van der Waals surface area contributed by atoms with Crippen LogP contribution in [0.2, 0.25) is 0 Å². The van der Waals surface area contributed by atoms with Crippen LogP contribution in [0.15, 0.2) is 0 Å². The van der Waals surface area contributed by atoms with Crippen molar-refractivity contribution in [3.05, 3.63) is 0 Å². The van der Waals surface area contributed by atoms with Gasteiger partial charge in [0.15, 0.2) is 0 Å². The van der Waals surface area contributed by atoms with Crippen LogP contribution in [0.1, 0.15) is 64.7 Å². The average molecular weight is 304 g/mol. The van der Waals surface area contributed by atoms with Crippen molar-refractivity contribution in [2.24, 2.45) is 17.8 Å². The smallest absolute Gasteiger partial charge is 0.312 e. The highest BCUT2D eigenvalue weighted by Gasteiger charge is 2.52. The number of rotatable bonds is 1. The molecule has 0 aromatic heterocycles. The third-order valence-electron chi connectivity index (χ3n) is 6.68. The number of hydrogen-bond donors (Lipinski definition) is 1. The zero-order valence-corrected chi connectivity index (χ0v) is 13.6. The van der Waals surface area contributed by atoms with Gasteiger partial charge >= 0.3 is 11.8 Å². The minimum Gasteiger partial charge on any atom is -0.342 e. The van der Waals surface area contributed by atoms with Gasteiger partial charge in [0, 0.05) is 18.1 Å². The molecule has 0 spiro atoms. The van der Waals surface area contributed by atoms with Crippen LogP contribution in [0.3, 0.4) is 0 Å². The van der Waals surface area contributed by atoms with Crippen LogP contribution in [0.5, 0.6) is 0 Å². The van der Waals surface area contributed by atoms with Crippen LogP contribution in [-0.4, -0.2) is 34.8 Å². The second-order valence-corrected chi connectivity index (χ2v) is 8.50. The molecule has 4 aliphatic carbocycles. The minimum atomic E-state index is -0.337. The lowest BCUT2D eigenvalue weighted by atomic mass is 9.53. The van der Waals surface area contributed by atoms with E-state index < -0.39 is 0 Å². The van der Waals surface area contributed by atoms with Crippen molar-refractivity contribution in [3.8, 4) is 0 Å². The van der Waals surface area contributed by atoms with Crippen molar-refractivity contribution in [1.82, 2.24) is 10.2 Å². The highest BCUT2D eigenvalue weighted by Crippen LogP contribution is 2.55. The largest absolute Gasteiger partial charge is 0.342 e. The molecule has 5 aliphatic rings. The highest BCUT2D eigenvalue weighted by molar-refractivity contribution is 6.35. The highest BCUT2D eigenvalue weighted by atomic mass is 16.2. The van der Waals surface area contributed by atoms with Crippen LogP contribution in [-0.2, 0) is 9.59 Å². The molecule has 1 aliphatic heterocycles. The Bertz CT molecular complexity index is 452. The van der Waals surface area contributed by atoms with E-state index in [0.717, 1.165) is 56.4 Å². The molecule has 4 heteroatoms. The second kappa shape index (κ2) is 5.24. The van der Waals surface area contributed by atoms with Crippen LogP contribution in [0.25, 0.3) is 0 Å². The maximum atomic E-state index is 12.6. The minimum absolute atomic E-state index is 0.0550. The normalized spacial score (nSPS) is 43.2. The summed E-state index contributed by atoms with van der Waals surface area (Å²) in [5.41, 5.74) is -0.0550. The summed E-state index contributed by atoms with van der Waals surface area (Å²) in [4.78, 5) is 26.9. The third-order valence-corrected chi connectivity index (χ3v) is 6.68. The molecule has 22 heavy (non-hydrogen) atoms. The van der Waals surface area contributed by atoms with Gasteiger partial charge in [0.1, 0.15) is 0 Å². The predicted octanol–water partition coefficient (Wildman–Crippen LogP) is 2.47. The molecule has 122 valence electrons. The van der Waals surface area contributed by atoms with Gasteiger partial charge in [-0.2, -0.15) is 0 Å². The Balaban J connectivity index is 1.44. The molecule has 5 fully saturated rings. The molecule has 1 unspecified atom stereocenters. The lowest BCUT2D eigenvalue weighted by molar-refractivity contribution is -0.150. The fraction of sp³-hybridized carbons (Fsp3) is 0.889. The number of piperidine rings is 1. The molecular weight excluding hydrogens is 276 g/mol. The molecule has 1 saturated heterocycles. The van der Waals surface area contributed by atoms with Gasteiger partial charge in [0.2, 0.25) is 0 Å². The van der Waals surface area contributed by atoms with Crippen LogP contribution >= 0.6 is 0 Å². The zero-order chi connectivity index (χ0) is 15.3. The second-order valence-electron chi connectivity index (χ2n) is 8.50. The molecule has 4 bridgehead atoms. The Hall–Kier alpha value is -1.06. The van der Waals surface area contributed by atoms with E-state index in [-0.39, 0.29) is 23.4 Å². The average Bonchev–Trinajstić information content (AvgIpc) is 2.45. The van der Waals surface area contributed by atoms with Gasteiger partial charge in [-0.3, -0.25) is 9.59 Å². The molecule has 5 rings (SSSR count). The lowest BCUT2D eigenvalue weighted by Gasteiger charge is -2.56. The van der Waals surface area contributed by atoms with Crippen molar-refractivity contribution in [2.45, 2.75) is 76.3 Å². The SMILES string of the molecule is CC1CCCCN1C(=O)C(=O)NC12CC3CC(CC(C3)C1)C2. The number of carbonyl (C=O) groups excluding carboxylic acids is 2. The first-order valence-electron chi connectivity index (χ1n) is 9.18. The first-order chi connectivity index (χ1) is 10.5. The first kappa shape index (κ1) is 14.5. The topological polar surface area (TPSA) is 49.4 Å². The standard InChI is InChI=1S/C18H28N2O2/c1-12-4-2-3-5-20(12)17(22)16(21)19-18-9-13-6-14(10-18)8-15(7-13)11-18/h12-15H,2-11H2,1H3,(H,19,21). The predicted molar refractivity (Wildman–Crippen MR) is 84.1 cm³/mol. The van der Waals surface area contributed by atoms with Crippen molar-refractivity contribution in [1.29, 1.82) is 0 Å². The van der Waals surface area contributed by atoms with Crippen LogP contribution in [0, 0.1) is 17.8 Å². The molecule has 0 aromatic rings. The van der Waals surface area contributed by atoms with E-state index in [2.05, 4.69) is 12.2 Å². The number of nitrogens with zero attached hydrogens (tertiary/aromatic N) is 1. The molecule has 1 atom stereocenters. The summed E-state index contributed by atoms with van der Waals surface area (Å²) >= 11 is 0. The van der Waals surface area contributed by atoms with Crippen molar-refractivity contribution in [3.63, 3.8) is 0 Å². The number of likely N-dealkylation sites (tertiary alicyclic amines) is 1. The van der Waals surface area contributed by atoms with E-state index in [0.29, 0.717) is 0 Å². The quantitative estimate of drug-likeness (QED) is 0.757. The molecule has 2 amide bonds. The van der Waals surface area contributed by atoms with Crippen LogP contribution < -0.4 is 5.32 Å². The summed E-state index contributed by atoms with van der Waals surface area (Å²) in [7, 11) is 0. The van der Waals surface area contributed by atoms with Crippen molar-refractivity contribution >= 4 is 11.8 Å². The van der Waals surface area contributed by atoms with E-state index in [1.165, 1.54) is 25.7 Å². The van der Waals surface area contributed by atoms with E-state index in [1.807, 2.05) is 0 Å². The van der Waals surface area contributed by atoms with Gasteiger partial charge in [-0.05, 0) is 82.5 Å². The number of hydrogen-bond acceptors (Lipinski definition) is 2. The first-order valence-corrected chi connectivity index (χ1v) is 9.18. The Kier molecular flexibility index (Phi) is 3.46. The maximum absolute atomic E-state index is 12.6. The molecule has 4 nitrogen and oxygen atoms in total. The molecule has 0 aromatic carbocycles. The van der Waals surface area contributed by atoms with E-state index >= 15 is 0 Å². The summed E-state index contributed by atoms with van der Waals surface area (Å²) in [6.45, 7) is 2.81. The van der Waals surface area contributed by atoms with Gasteiger partial charge < -0.3 is 10.2 Å². The summed E-state index contributed by atoms with van der Waals surface area (Å²) in [6, 6.07) is 0.211. The van der Waals surface area contributed by atoms with Gasteiger partial charge in [0.25, 0.3) is 0 Å². The summed E-state index contributed by atoms with van der Waals surface area (Å²) in [5.74, 6) is 1.74. The Morgan fingerprint density at radius 3 is 2.14 bits per heavy atom. The fourth-order valence-corrected chi connectivity index (χ4v) is 6.09. The van der Waals surface area contributed by atoms with Crippen LogP contribution in [0.4, 0.5) is 0 Å². The number of nitrogens with one attached hydrogen (secondary N) is 1. The molecular formula is C18H28N2O2. The molecule has 1 heterocycles. The van der Waals surface area contributed by atoms with Gasteiger partial charge in [-0.25, -0.2) is 0 Å². The molecule has 1 N–H and O–H groups in total. The molecule has 4 saturated carbocycles. The Morgan fingerprint density at radius 1 is 1.00 bits per heavy atom. The van der Waals surface area contributed by atoms with Gasteiger partial charge in [0.05, 0.1) is 0 Å². The monoisotopic (exact) mass is 304 g/mol. The summed E-state index contributed by atoms with van der Waals surface area (Å²) in [6.07, 6.45) is 10.6. The van der Waals surface area contributed by atoms with E-state index in [4.69, 9.17) is 0 Å². The fourth-order valence-electron chi connectivity index (χ4n) is 6.09. The number of carbonyl (C=O) groups is 2. The Morgan fingerprint density at radius 2 is 1.59 bits per heavy atom. The Labute approximate surface area is 133 Å². The lowest BCUT2D eigenvalue weighted by Crippen LogP contribution is -2.62. The maximum Gasteiger partial charge on any atom is 0.312 e. The van der Waals surface area contributed by atoms with Gasteiger partial charge in [-0.15, -0.1) is 0 Å². The molecule has 0 radical (unpaired) electrons. The van der Waals surface area contributed by atoms with Crippen molar-refractivity contribution in [2.75, 3.05) is 6.54 Å². The summed E-state index contributed by atoms with van der Waals surface area (Å²) in [5, 5.41) is 3.21. The zero-order valence-electron chi connectivity index (χ0n) is 13.6. The third kappa shape index (κ3) is 2.44. The van der Waals surface area contributed by atoms with E-state index in [1.54, 1.807) is 4.90 Å². The number of amides is 2. The van der Waals surface area contributed by atoms with E-state index in [9.17, 15) is 9.59 Å². The van der Waals surface area contributed by atoms with Crippen molar-refractivity contribution < 1.29 is 9.59 Å².